The second-order valence-corrected chi connectivity index (χ2v) is 5.32. The predicted octanol–water partition coefficient (Wildman–Crippen LogP) is 4.16. The summed E-state index contributed by atoms with van der Waals surface area (Å²) in [5.74, 6) is 0. The Labute approximate surface area is 103 Å². The second kappa shape index (κ2) is 3.33. The Balaban J connectivity index is 2.18. The van der Waals surface area contributed by atoms with Crippen molar-refractivity contribution in [3.63, 3.8) is 0 Å². The van der Waals surface area contributed by atoms with Crippen molar-refractivity contribution in [2.24, 2.45) is 0 Å². The Morgan fingerprint density at radius 3 is 2.44 bits per heavy atom. The van der Waals surface area contributed by atoms with Crippen LogP contribution in [0.25, 0.3) is 10.8 Å². The van der Waals surface area contributed by atoms with E-state index in [2.05, 4.69) is 52.3 Å². The maximum Gasteiger partial charge on any atom is 0.0824 e. The van der Waals surface area contributed by atoms with E-state index < -0.39 is 0 Å². The van der Waals surface area contributed by atoms with Crippen LogP contribution in [0.5, 0.6) is 0 Å². The van der Waals surface area contributed by atoms with Gasteiger partial charge in [0.05, 0.1) is 11.5 Å². The number of hydrogen-bond acceptors (Lipinski definition) is 1. The lowest BCUT2D eigenvalue weighted by atomic mass is 9.95. The quantitative estimate of drug-likeness (QED) is 0.764. The number of hydrogen-bond donors (Lipinski definition) is 0. The topological polar surface area (TPSA) is 23.8 Å². The third-order valence-electron chi connectivity index (χ3n) is 3.32. The van der Waals surface area contributed by atoms with E-state index in [-0.39, 0.29) is 5.41 Å². The van der Waals surface area contributed by atoms with Crippen LogP contribution in [0.2, 0.25) is 0 Å². The van der Waals surface area contributed by atoms with E-state index in [1.807, 2.05) is 6.07 Å². The molecule has 2 aromatic rings. The zero-order valence-electron chi connectivity index (χ0n) is 8.70. The van der Waals surface area contributed by atoms with Crippen LogP contribution in [0.3, 0.4) is 0 Å². The van der Waals surface area contributed by atoms with Crippen molar-refractivity contribution in [2.45, 2.75) is 18.3 Å². The van der Waals surface area contributed by atoms with Crippen molar-refractivity contribution < 1.29 is 0 Å². The summed E-state index contributed by atoms with van der Waals surface area (Å²) in [6.07, 6.45) is 2.01. The molecule has 0 heterocycles. The fourth-order valence-electron chi connectivity index (χ4n) is 2.10. The SMILES string of the molecule is N#CC1(c2ccc3cc(Br)ccc3c2)CC1. The molecule has 0 saturated heterocycles. The van der Waals surface area contributed by atoms with Gasteiger partial charge in [0.1, 0.15) is 0 Å². The summed E-state index contributed by atoms with van der Waals surface area (Å²) in [5.41, 5.74) is 0.992. The summed E-state index contributed by atoms with van der Waals surface area (Å²) in [7, 11) is 0. The summed E-state index contributed by atoms with van der Waals surface area (Å²) in [6.45, 7) is 0. The standard InChI is InChI=1S/C14H10BrN/c15-13-4-2-10-7-12(3-1-11(10)8-13)14(9-16)5-6-14/h1-4,7-8H,5-6H2. The Bertz CT molecular complexity index is 606. The average molecular weight is 272 g/mol. The van der Waals surface area contributed by atoms with Crippen LogP contribution in [0, 0.1) is 11.3 Å². The summed E-state index contributed by atoms with van der Waals surface area (Å²) >= 11 is 3.46. The number of nitrogens with zero attached hydrogens (tertiary/aromatic N) is 1. The number of benzene rings is 2. The summed E-state index contributed by atoms with van der Waals surface area (Å²) < 4.78 is 1.09. The van der Waals surface area contributed by atoms with Crippen molar-refractivity contribution in [1.82, 2.24) is 0 Å². The van der Waals surface area contributed by atoms with Gasteiger partial charge in [0.25, 0.3) is 0 Å². The molecule has 0 aromatic heterocycles. The highest BCUT2D eigenvalue weighted by molar-refractivity contribution is 9.10. The van der Waals surface area contributed by atoms with Crippen molar-refractivity contribution in [3.8, 4) is 6.07 Å². The Hall–Kier alpha value is -1.33. The van der Waals surface area contributed by atoms with Crippen LogP contribution in [-0.4, -0.2) is 0 Å². The van der Waals surface area contributed by atoms with Crippen LogP contribution in [-0.2, 0) is 5.41 Å². The highest BCUT2D eigenvalue weighted by Crippen LogP contribution is 2.48. The number of rotatable bonds is 1. The summed E-state index contributed by atoms with van der Waals surface area (Å²) in [5, 5.41) is 11.6. The first-order valence-corrected chi connectivity index (χ1v) is 6.14. The Morgan fingerprint density at radius 2 is 1.75 bits per heavy atom. The minimum Gasteiger partial charge on any atom is -0.197 e. The van der Waals surface area contributed by atoms with Crippen molar-refractivity contribution in [3.05, 3.63) is 46.4 Å². The monoisotopic (exact) mass is 271 g/mol. The second-order valence-electron chi connectivity index (χ2n) is 4.40. The highest BCUT2D eigenvalue weighted by atomic mass is 79.9. The zero-order chi connectivity index (χ0) is 11.2. The van der Waals surface area contributed by atoms with E-state index in [0.29, 0.717) is 0 Å². The molecule has 0 spiro atoms. The first-order valence-electron chi connectivity index (χ1n) is 5.35. The number of halogens is 1. The first kappa shape index (κ1) is 9.86. The van der Waals surface area contributed by atoms with E-state index in [1.165, 1.54) is 16.3 Å². The van der Waals surface area contributed by atoms with E-state index in [9.17, 15) is 0 Å². The van der Waals surface area contributed by atoms with Crippen LogP contribution in [0.1, 0.15) is 18.4 Å². The van der Waals surface area contributed by atoms with Gasteiger partial charge in [-0.3, -0.25) is 0 Å². The molecule has 0 amide bonds. The summed E-state index contributed by atoms with van der Waals surface area (Å²) in [4.78, 5) is 0. The molecule has 78 valence electrons. The minimum atomic E-state index is -0.179. The fourth-order valence-corrected chi connectivity index (χ4v) is 2.48. The molecule has 2 heteroatoms. The molecule has 1 saturated carbocycles. The normalized spacial score (nSPS) is 17.0. The van der Waals surface area contributed by atoms with Gasteiger partial charge in [0.15, 0.2) is 0 Å². The largest absolute Gasteiger partial charge is 0.197 e. The smallest absolute Gasteiger partial charge is 0.0824 e. The van der Waals surface area contributed by atoms with Crippen molar-refractivity contribution in [2.75, 3.05) is 0 Å². The molecule has 2 aromatic carbocycles. The molecule has 0 atom stereocenters. The van der Waals surface area contributed by atoms with Gasteiger partial charge in [0.2, 0.25) is 0 Å². The van der Waals surface area contributed by atoms with Crippen molar-refractivity contribution >= 4 is 26.7 Å². The van der Waals surface area contributed by atoms with Gasteiger partial charge < -0.3 is 0 Å². The molecule has 0 bridgehead atoms. The van der Waals surface area contributed by atoms with Gasteiger partial charge in [-0.25, -0.2) is 0 Å². The van der Waals surface area contributed by atoms with Gasteiger partial charge in [0, 0.05) is 4.47 Å². The lowest BCUT2D eigenvalue weighted by Gasteiger charge is -2.07. The van der Waals surface area contributed by atoms with E-state index in [0.717, 1.165) is 17.3 Å². The minimum absolute atomic E-state index is 0.179. The number of nitriles is 1. The van der Waals surface area contributed by atoms with Gasteiger partial charge >= 0.3 is 0 Å². The van der Waals surface area contributed by atoms with Crippen LogP contribution in [0.4, 0.5) is 0 Å². The molecule has 0 N–H and O–H groups in total. The molecule has 0 radical (unpaired) electrons. The fraction of sp³-hybridized carbons (Fsp3) is 0.214. The third kappa shape index (κ3) is 1.44. The van der Waals surface area contributed by atoms with Crippen molar-refractivity contribution in [1.29, 1.82) is 5.26 Å². The van der Waals surface area contributed by atoms with Gasteiger partial charge in [-0.1, -0.05) is 34.1 Å². The number of fused-ring (bicyclic) bond motifs is 1. The third-order valence-corrected chi connectivity index (χ3v) is 3.81. The molecule has 0 aliphatic heterocycles. The lowest BCUT2D eigenvalue weighted by Crippen LogP contribution is -2.01. The van der Waals surface area contributed by atoms with E-state index in [1.54, 1.807) is 0 Å². The van der Waals surface area contributed by atoms with Crippen LogP contribution < -0.4 is 0 Å². The maximum atomic E-state index is 9.17. The average Bonchev–Trinajstić information content (AvgIpc) is 3.09. The molecule has 1 aliphatic carbocycles. The van der Waals surface area contributed by atoms with Crippen LogP contribution in [0.15, 0.2) is 40.9 Å². The molecule has 1 fully saturated rings. The van der Waals surface area contributed by atoms with Gasteiger partial charge in [-0.2, -0.15) is 5.26 Å². The molecule has 1 aliphatic rings. The summed E-state index contributed by atoms with van der Waals surface area (Å²) in [6, 6.07) is 15.0. The van der Waals surface area contributed by atoms with E-state index in [4.69, 9.17) is 5.26 Å². The Kier molecular flexibility index (Phi) is 2.05. The molecular weight excluding hydrogens is 262 g/mol. The first-order chi connectivity index (χ1) is 7.73. The van der Waals surface area contributed by atoms with Gasteiger partial charge in [-0.05, 0) is 47.4 Å². The molecule has 3 rings (SSSR count). The van der Waals surface area contributed by atoms with Gasteiger partial charge in [-0.15, -0.1) is 0 Å². The maximum absolute atomic E-state index is 9.17. The highest BCUT2D eigenvalue weighted by Gasteiger charge is 2.44. The lowest BCUT2D eigenvalue weighted by molar-refractivity contribution is 0.911. The predicted molar refractivity (Wildman–Crippen MR) is 68.2 cm³/mol. The van der Waals surface area contributed by atoms with Crippen LogP contribution >= 0.6 is 15.9 Å². The molecule has 1 nitrogen and oxygen atoms in total. The molecule has 16 heavy (non-hydrogen) atoms. The Morgan fingerprint density at radius 1 is 1.06 bits per heavy atom. The van der Waals surface area contributed by atoms with E-state index >= 15 is 0 Å². The zero-order valence-corrected chi connectivity index (χ0v) is 10.3. The molecular formula is C14H10BrN. The molecule has 0 unspecified atom stereocenters.